The molecule has 3 heterocycles. The molecule has 1 aromatic rings. The van der Waals surface area contributed by atoms with E-state index in [1.807, 2.05) is 4.90 Å². The fourth-order valence-electron chi connectivity index (χ4n) is 4.75. The van der Waals surface area contributed by atoms with Crippen LogP contribution in [0.15, 0.2) is 11.4 Å². The SMILES string of the molecule is CCC1c2ccsc2CCN1C(=O)CN1C(=O)C2CCCCC2C1=O. The van der Waals surface area contributed by atoms with Gasteiger partial charge in [0.05, 0.1) is 17.9 Å². The number of likely N-dealkylation sites (tertiary alicyclic amines) is 1. The van der Waals surface area contributed by atoms with E-state index in [0.717, 1.165) is 38.5 Å². The van der Waals surface area contributed by atoms with Crippen molar-refractivity contribution >= 4 is 29.1 Å². The van der Waals surface area contributed by atoms with Crippen molar-refractivity contribution in [2.75, 3.05) is 13.1 Å². The van der Waals surface area contributed by atoms with Gasteiger partial charge >= 0.3 is 0 Å². The summed E-state index contributed by atoms with van der Waals surface area (Å²) < 4.78 is 0. The van der Waals surface area contributed by atoms with Crippen LogP contribution in [-0.2, 0) is 20.8 Å². The normalized spacial score (nSPS) is 28.9. The zero-order chi connectivity index (χ0) is 17.6. The van der Waals surface area contributed by atoms with Crippen molar-refractivity contribution in [2.24, 2.45) is 11.8 Å². The highest BCUT2D eigenvalue weighted by Gasteiger charge is 2.49. The predicted molar refractivity (Wildman–Crippen MR) is 94.9 cm³/mol. The van der Waals surface area contributed by atoms with Gasteiger partial charge in [-0.25, -0.2) is 0 Å². The van der Waals surface area contributed by atoms with E-state index in [4.69, 9.17) is 0 Å². The molecule has 1 saturated heterocycles. The topological polar surface area (TPSA) is 57.7 Å². The Morgan fingerprint density at radius 2 is 1.88 bits per heavy atom. The number of imide groups is 1. The van der Waals surface area contributed by atoms with Crippen LogP contribution in [0.4, 0.5) is 0 Å². The van der Waals surface area contributed by atoms with Crippen LogP contribution >= 0.6 is 11.3 Å². The van der Waals surface area contributed by atoms with Crippen molar-refractivity contribution in [1.82, 2.24) is 9.80 Å². The van der Waals surface area contributed by atoms with Crippen LogP contribution in [0.1, 0.15) is 55.5 Å². The van der Waals surface area contributed by atoms with Gasteiger partial charge in [0.25, 0.3) is 0 Å². The number of carbonyl (C=O) groups excluding carboxylic acids is 3. The number of amides is 3. The van der Waals surface area contributed by atoms with Crippen LogP contribution in [0.5, 0.6) is 0 Å². The van der Waals surface area contributed by atoms with Gasteiger partial charge in [0.2, 0.25) is 17.7 Å². The molecule has 3 amide bonds. The molecule has 0 radical (unpaired) electrons. The minimum atomic E-state index is -0.180. The van der Waals surface area contributed by atoms with Gasteiger partial charge in [-0.1, -0.05) is 19.8 Å². The maximum atomic E-state index is 12.9. The molecule has 5 nitrogen and oxygen atoms in total. The van der Waals surface area contributed by atoms with Crippen molar-refractivity contribution in [3.05, 3.63) is 21.9 Å². The molecule has 6 heteroatoms. The predicted octanol–water partition coefficient (Wildman–Crippen LogP) is 2.76. The van der Waals surface area contributed by atoms with E-state index in [0.29, 0.717) is 6.54 Å². The van der Waals surface area contributed by atoms with Gasteiger partial charge in [-0.2, -0.15) is 0 Å². The standard InChI is InChI=1S/C19H24N2O3S/c1-2-15-14-8-10-25-16(14)7-9-20(15)17(22)11-21-18(23)12-5-3-4-6-13(12)19(21)24/h8,10,12-13,15H,2-7,9,11H2,1H3. The van der Waals surface area contributed by atoms with Gasteiger partial charge in [-0.3, -0.25) is 19.3 Å². The van der Waals surface area contributed by atoms with Crippen molar-refractivity contribution in [2.45, 2.75) is 51.5 Å². The Hall–Kier alpha value is -1.69. The summed E-state index contributed by atoms with van der Waals surface area (Å²) in [7, 11) is 0. The Morgan fingerprint density at radius 3 is 2.52 bits per heavy atom. The third-order valence-corrected chi connectivity index (χ3v) is 7.02. The van der Waals surface area contributed by atoms with Crippen LogP contribution in [0.25, 0.3) is 0 Å². The van der Waals surface area contributed by atoms with Gasteiger partial charge in [-0.15, -0.1) is 11.3 Å². The average molecular weight is 360 g/mol. The molecule has 0 aromatic carbocycles. The number of carbonyl (C=O) groups is 3. The minimum Gasteiger partial charge on any atom is -0.334 e. The molecule has 3 atom stereocenters. The van der Waals surface area contributed by atoms with Crippen LogP contribution in [0, 0.1) is 11.8 Å². The highest BCUT2D eigenvalue weighted by Crippen LogP contribution is 2.39. The summed E-state index contributed by atoms with van der Waals surface area (Å²) in [4.78, 5) is 42.6. The molecule has 0 bridgehead atoms. The Morgan fingerprint density at radius 1 is 1.20 bits per heavy atom. The zero-order valence-electron chi connectivity index (χ0n) is 14.6. The van der Waals surface area contributed by atoms with Crippen LogP contribution in [0.3, 0.4) is 0 Å². The van der Waals surface area contributed by atoms with Crippen molar-refractivity contribution in [3.8, 4) is 0 Å². The first-order valence-electron chi connectivity index (χ1n) is 9.32. The van der Waals surface area contributed by atoms with E-state index < -0.39 is 0 Å². The Kier molecular flexibility index (Phi) is 4.40. The molecule has 1 saturated carbocycles. The monoisotopic (exact) mass is 360 g/mol. The smallest absolute Gasteiger partial charge is 0.243 e. The highest BCUT2D eigenvalue weighted by atomic mass is 32.1. The van der Waals surface area contributed by atoms with Crippen molar-refractivity contribution in [1.29, 1.82) is 0 Å². The lowest BCUT2D eigenvalue weighted by Crippen LogP contribution is -2.46. The van der Waals surface area contributed by atoms with E-state index >= 15 is 0 Å². The Labute approximate surface area is 152 Å². The molecule has 4 rings (SSSR count). The first-order valence-corrected chi connectivity index (χ1v) is 10.2. The van der Waals surface area contributed by atoms with Crippen LogP contribution in [0.2, 0.25) is 0 Å². The summed E-state index contributed by atoms with van der Waals surface area (Å²) in [6.45, 7) is 2.67. The lowest BCUT2D eigenvalue weighted by atomic mass is 9.81. The Balaban J connectivity index is 1.50. The minimum absolute atomic E-state index is 0.0672. The average Bonchev–Trinajstić information content (AvgIpc) is 3.20. The number of fused-ring (bicyclic) bond motifs is 2. The third-order valence-electron chi connectivity index (χ3n) is 6.03. The molecule has 0 spiro atoms. The molecule has 0 N–H and O–H groups in total. The van der Waals surface area contributed by atoms with Gasteiger partial charge in [0, 0.05) is 11.4 Å². The molecule has 3 aliphatic rings. The molecule has 25 heavy (non-hydrogen) atoms. The van der Waals surface area contributed by atoms with Crippen molar-refractivity contribution in [3.63, 3.8) is 0 Å². The fraction of sp³-hybridized carbons (Fsp3) is 0.632. The lowest BCUT2D eigenvalue weighted by Gasteiger charge is -2.36. The molecule has 134 valence electrons. The van der Waals surface area contributed by atoms with E-state index in [1.54, 1.807) is 11.3 Å². The number of thiophene rings is 1. The number of hydrogen-bond donors (Lipinski definition) is 0. The molecular formula is C19H24N2O3S. The second kappa shape index (κ2) is 6.56. The van der Waals surface area contributed by atoms with Crippen molar-refractivity contribution < 1.29 is 14.4 Å². The second-order valence-corrected chi connectivity index (χ2v) is 8.32. The number of hydrogen-bond acceptors (Lipinski definition) is 4. The summed E-state index contributed by atoms with van der Waals surface area (Å²) in [5, 5.41) is 2.08. The largest absolute Gasteiger partial charge is 0.334 e. The summed E-state index contributed by atoms with van der Waals surface area (Å²) in [5.41, 5.74) is 1.24. The molecule has 2 fully saturated rings. The van der Waals surface area contributed by atoms with Crippen LogP contribution < -0.4 is 0 Å². The van der Waals surface area contributed by atoms with Gasteiger partial charge in [0.15, 0.2) is 0 Å². The summed E-state index contributed by atoms with van der Waals surface area (Å²) in [5.74, 6) is -0.695. The first kappa shape index (κ1) is 16.8. The van der Waals surface area contributed by atoms with Gasteiger partial charge < -0.3 is 4.90 Å². The summed E-state index contributed by atoms with van der Waals surface area (Å²) in [6, 6.07) is 2.17. The van der Waals surface area contributed by atoms with Gasteiger partial charge in [-0.05, 0) is 42.7 Å². The van der Waals surface area contributed by atoms with Gasteiger partial charge in [0.1, 0.15) is 6.54 Å². The molecule has 3 unspecified atom stereocenters. The number of nitrogens with zero attached hydrogens (tertiary/aromatic N) is 2. The quantitative estimate of drug-likeness (QED) is 0.779. The summed E-state index contributed by atoms with van der Waals surface area (Å²) in [6.07, 6.45) is 5.31. The fourth-order valence-corrected chi connectivity index (χ4v) is 5.68. The third kappa shape index (κ3) is 2.71. The zero-order valence-corrected chi connectivity index (χ0v) is 15.4. The second-order valence-electron chi connectivity index (χ2n) is 7.32. The van der Waals surface area contributed by atoms with E-state index in [9.17, 15) is 14.4 Å². The van der Waals surface area contributed by atoms with E-state index in [2.05, 4.69) is 18.4 Å². The Bertz CT molecular complexity index is 689. The molecule has 1 aromatic heterocycles. The van der Waals surface area contributed by atoms with Crippen LogP contribution in [-0.4, -0.2) is 40.6 Å². The summed E-state index contributed by atoms with van der Waals surface area (Å²) >= 11 is 1.75. The molecule has 2 aliphatic heterocycles. The highest BCUT2D eigenvalue weighted by molar-refractivity contribution is 7.10. The van der Waals surface area contributed by atoms with E-state index in [1.165, 1.54) is 15.3 Å². The maximum Gasteiger partial charge on any atom is 0.243 e. The van der Waals surface area contributed by atoms with E-state index in [-0.39, 0.29) is 42.1 Å². The number of rotatable bonds is 3. The molecular weight excluding hydrogens is 336 g/mol. The lowest BCUT2D eigenvalue weighted by molar-refractivity contribution is -0.147. The maximum absolute atomic E-state index is 12.9. The first-order chi connectivity index (χ1) is 12.1. The molecule has 1 aliphatic carbocycles.